The van der Waals surface area contributed by atoms with Crippen LogP contribution >= 0.6 is 0 Å². The van der Waals surface area contributed by atoms with Crippen molar-refractivity contribution in [3.63, 3.8) is 0 Å². The first kappa shape index (κ1) is 24.0. The molecule has 5 heteroatoms. The van der Waals surface area contributed by atoms with Crippen LogP contribution in [0, 0.1) is 17.3 Å². The lowest BCUT2D eigenvalue weighted by Crippen LogP contribution is -2.52. The van der Waals surface area contributed by atoms with E-state index in [1.165, 1.54) is 12.0 Å². The summed E-state index contributed by atoms with van der Waals surface area (Å²) in [5.74, 6) is 1.93. The predicted molar refractivity (Wildman–Crippen MR) is 133 cm³/mol. The molecule has 4 aliphatic rings. The Morgan fingerprint density at radius 2 is 1.82 bits per heavy atom. The molecule has 0 spiro atoms. The zero-order chi connectivity index (χ0) is 23.4. The third-order valence-corrected chi connectivity index (χ3v) is 8.38. The molecule has 5 nitrogen and oxygen atoms in total. The molecule has 5 rings (SSSR count). The van der Waals surface area contributed by atoms with Crippen molar-refractivity contribution < 1.29 is 9.59 Å². The van der Waals surface area contributed by atoms with Gasteiger partial charge in [-0.25, -0.2) is 0 Å². The highest BCUT2D eigenvalue weighted by molar-refractivity contribution is 5.79. The Balaban J connectivity index is 1.36. The van der Waals surface area contributed by atoms with Crippen molar-refractivity contribution in [3.05, 3.63) is 47.5 Å². The van der Waals surface area contributed by atoms with E-state index in [1.54, 1.807) is 0 Å². The molecule has 1 saturated carbocycles. The highest BCUT2D eigenvalue weighted by atomic mass is 16.2. The van der Waals surface area contributed by atoms with Gasteiger partial charge in [-0.3, -0.25) is 14.5 Å². The predicted octanol–water partition coefficient (Wildman–Crippen LogP) is 3.99. The second-order valence-electron chi connectivity index (χ2n) is 10.8. The van der Waals surface area contributed by atoms with E-state index >= 15 is 0 Å². The molecule has 1 aliphatic heterocycles. The molecule has 2 atom stereocenters. The van der Waals surface area contributed by atoms with Gasteiger partial charge in [0.25, 0.3) is 0 Å². The molecule has 180 valence electrons. The zero-order valence-corrected chi connectivity index (χ0v) is 20.8. The summed E-state index contributed by atoms with van der Waals surface area (Å²) < 4.78 is 0. The van der Waals surface area contributed by atoms with Gasteiger partial charge in [0, 0.05) is 52.2 Å². The van der Waals surface area contributed by atoms with E-state index in [0.717, 1.165) is 70.1 Å². The highest BCUT2D eigenvalue weighted by Gasteiger charge is 2.51. The van der Waals surface area contributed by atoms with E-state index in [1.807, 2.05) is 35.2 Å². The second kappa shape index (κ2) is 10.4. The fourth-order valence-electron chi connectivity index (χ4n) is 5.91. The zero-order valence-electron chi connectivity index (χ0n) is 20.8. The minimum absolute atomic E-state index is 0.220. The van der Waals surface area contributed by atoms with Gasteiger partial charge in [0.15, 0.2) is 0 Å². The maximum absolute atomic E-state index is 13.4. The number of fused-ring (bicyclic) bond motifs is 1. The average molecular weight is 452 g/mol. The third-order valence-electron chi connectivity index (χ3n) is 8.38. The molecule has 0 aromatic heterocycles. The van der Waals surface area contributed by atoms with Crippen LogP contribution in [-0.2, 0) is 16.0 Å². The molecule has 2 fully saturated rings. The summed E-state index contributed by atoms with van der Waals surface area (Å²) in [6.45, 7) is 12.7. The standard InChI is InChI=1S/C28H41N3O2/c1-4-8-26(32)30-16-13-29(14-17-30)15-18-31(27(33)19-22-9-6-5-7-10-22)21-23-11-12-24-20-25(23)28(24,2)3/h5-7,9-11,24-25H,4,8,12-21H2,1-3H3. The number of piperazine rings is 1. The highest BCUT2D eigenvalue weighted by Crippen LogP contribution is 2.59. The van der Waals surface area contributed by atoms with Crippen LogP contribution in [-0.4, -0.2) is 72.3 Å². The normalized spacial score (nSPS) is 24.1. The van der Waals surface area contributed by atoms with Crippen molar-refractivity contribution in [2.45, 2.75) is 52.9 Å². The van der Waals surface area contributed by atoms with Crippen LogP contribution in [0.4, 0.5) is 0 Å². The molecule has 2 bridgehead atoms. The summed E-state index contributed by atoms with van der Waals surface area (Å²) in [5.41, 5.74) is 2.93. The number of carbonyl (C=O) groups is 2. The van der Waals surface area contributed by atoms with Crippen molar-refractivity contribution >= 4 is 11.8 Å². The van der Waals surface area contributed by atoms with Gasteiger partial charge < -0.3 is 9.80 Å². The molecule has 2 amide bonds. The first-order chi connectivity index (χ1) is 15.9. The lowest BCUT2D eigenvalue weighted by molar-refractivity contribution is -0.133. The number of allylic oxidation sites excluding steroid dienone is 1. The fraction of sp³-hybridized carbons (Fsp3) is 0.643. The summed E-state index contributed by atoms with van der Waals surface area (Å²) in [4.78, 5) is 32.1. The molecule has 1 aromatic rings. The lowest BCUT2D eigenvalue weighted by atomic mass is 9.49. The Morgan fingerprint density at radius 3 is 2.45 bits per heavy atom. The van der Waals surface area contributed by atoms with Crippen molar-refractivity contribution in [3.8, 4) is 0 Å². The van der Waals surface area contributed by atoms with E-state index in [2.05, 4.69) is 36.6 Å². The van der Waals surface area contributed by atoms with Crippen LogP contribution in [0.5, 0.6) is 0 Å². The van der Waals surface area contributed by atoms with Crippen LogP contribution in [0.2, 0.25) is 0 Å². The Labute approximate surface area is 199 Å². The average Bonchev–Trinajstić information content (AvgIpc) is 2.82. The summed E-state index contributed by atoms with van der Waals surface area (Å²) >= 11 is 0. The van der Waals surface area contributed by atoms with Crippen molar-refractivity contribution in [2.75, 3.05) is 45.8 Å². The molecular formula is C28H41N3O2. The lowest BCUT2D eigenvalue weighted by Gasteiger charge is -2.57. The van der Waals surface area contributed by atoms with Gasteiger partial charge in [0.1, 0.15) is 0 Å². The van der Waals surface area contributed by atoms with Crippen LogP contribution < -0.4 is 0 Å². The SMILES string of the molecule is CCCC(=O)N1CCN(CCN(CC2=CCC3CC2C3(C)C)C(=O)Cc2ccccc2)CC1. The van der Waals surface area contributed by atoms with Crippen LogP contribution in [0.3, 0.4) is 0 Å². The summed E-state index contributed by atoms with van der Waals surface area (Å²) in [5, 5.41) is 0. The number of amides is 2. The Morgan fingerprint density at radius 1 is 1.09 bits per heavy atom. The molecule has 3 aliphatic carbocycles. The number of rotatable bonds is 9. The second-order valence-corrected chi connectivity index (χ2v) is 10.8. The van der Waals surface area contributed by atoms with E-state index in [0.29, 0.717) is 24.2 Å². The van der Waals surface area contributed by atoms with Crippen molar-refractivity contribution in [1.29, 1.82) is 0 Å². The molecule has 0 N–H and O–H groups in total. The van der Waals surface area contributed by atoms with E-state index in [-0.39, 0.29) is 11.8 Å². The third kappa shape index (κ3) is 5.51. The molecule has 1 heterocycles. The summed E-state index contributed by atoms with van der Waals surface area (Å²) in [6.07, 6.45) is 6.89. The van der Waals surface area contributed by atoms with Gasteiger partial charge in [-0.2, -0.15) is 0 Å². The van der Waals surface area contributed by atoms with E-state index < -0.39 is 0 Å². The van der Waals surface area contributed by atoms with E-state index in [9.17, 15) is 9.59 Å². The molecule has 2 unspecified atom stereocenters. The van der Waals surface area contributed by atoms with Gasteiger partial charge in [-0.05, 0) is 42.1 Å². The topological polar surface area (TPSA) is 43.9 Å². The van der Waals surface area contributed by atoms with Gasteiger partial charge in [0.2, 0.25) is 11.8 Å². The minimum Gasteiger partial charge on any atom is -0.340 e. The Bertz CT molecular complexity index is 855. The van der Waals surface area contributed by atoms with Gasteiger partial charge in [-0.15, -0.1) is 0 Å². The number of carbonyl (C=O) groups excluding carboxylic acids is 2. The van der Waals surface area contributed by atoms with E-state index in [4.69, 9.17) is 0 Å². The van der Waals surface area contributed by atoms with Crippen molar-refractivity contribution in [2.24, 2.45) is 17.3 Å². The minimum atomic E-state index is 0.220. The molecule has 33 heavy (non-hydrogen) atoms. The number of hydrogen-bond acceptors (Lipinski definition) is 3. The van der Waals surface area contributed by atoms with Crippen LogP contribution in [0.1, 0.15) is 52.0 Å². The number of benzene rings is 1. The number of nitrogens with zero attached hydrogens (tertiary/aromatic N) is 3. The smallest absolute Gasteiger partial charge is 0.227 e. The molecular weight excluding hydrogens is 410 g/mol. The Kier molecular flexibility index (Phi) is 7.58. The van der Waals surface area contributed by atoms with Gasteiger partial charge in [0.05, 0.1) is 6.42 Å². The maximum atomic E-state index is 13.4. The van der Waals surface area contributed by atoms with Crippen LogP contribution in [0.25, 0.3) is 0 Å². The fourth-order valence-corrected chi connectivity index (χ4v) is 5.91. The number of hydrogen-bond donors (Lipinski definition) is 0. The van der Waals surface area contributed by atoms with Crippen LogP contribution in [0.15, 0.2) is 42.0 Å². The quantitative estimate of drug-likeness (QED) is 0.533. The first-order valence-corrected chi connectivity index (χ1v) is 12.9. The maximum Gasteiger partial charge on any atom is 0.227 e. The monoisotopic (exact) mass is 451 g/mol. The van der Waals surface area contributed by atoms with Crippen molar-refractivity contribution in [1.82, 2.24) is 14.7 Å². The molecule has 0 radical (unpaired) electrons. The molecule has 1 saturated heterocycles. The Hall–Kier alpha value is -2.14. The summed E-state index contributed by atoms with van der Waals surface area (Å²) in [6, 6.07) is 10.1. The summed E-state index contributed by atoms with van der Waals surface area (Å²) in [7, 11) is 0. The van der Waals surface area contributed by atoms with Gasteiger partial charge >= 0.3 is 0 Å². The largest absolute Gasteiger partial charge is 0.340 e. The molecule has 1 aromatic carbocycles. The van der Waals surface area contributed by atoms with Gasteiger partial charge in [-0.1, -0.05) is 62.8 Å². The first-order valence-electron chi connectivity index (χ1n) is 12.9.